The summed E-state index contributed by atoms with van der Waals surface area (Å²) in [5.41, 5.74) is -0.676. The second-order valence-electron chi connectivity index (χ2n) is 5.36. The van der Waals surface area contributed by atoms with Gasteiger partial charge in [0.05, 0.1) is 12.1 Å². The topological polar surface area (TPSA) is 20.3 Å². The quantitative estimate of drug-likeness (QED) is 0.548. The minimum atomic E-state index is -2.62. The first-order chi connectivity index (χ1) is 7.64. The maximum atomic E-state index is 13.1. The summed E-state index contributed by atoms with van der Waals surface area (Å²) in [7, 11) is 0. The number of hydrogen-bond acceptors (Lipinski definition) is 2. The van der Waals surface area contributed by atoms with E-state index < -0.39 is 11.5 Å². The van der Waals surface area contributed by atoms with Crippen LogP contribution in [0.3, 0.4) is 0 Å². The molecule has 0 bridgehead atoms. The Morgan fingerprint density at radius 3 is 2.41 bits per heavy atom. The fraction of sp³-hybridized carbons (Fsp3) is 0.769. The summed E-state index contributed by atoms with van der Waals surface area (Å²) in [5.74, 6) is 2.45. The highest BCUT2D eigenvalue weighted by Gasteiger charge is 2.43. The molecule has 0 aromatic rings. The number of carbonyl (C=O) groups is 1. The molecule has 0 radical (unpaired) electrons. The minimum Gasteiger partial charge on any atom is -0.285 e. The summed E-state index contributed by atoms with van der Waals surface area (Å²) in [6, 6.07) is 0. The molecule has 0 spiro atoms. The minimum absolute atomic E-state index is 0.129. The van der Waals surface area contributed by atoms with Crippen LogP contribution < -0.4 is 0 Å². The summed E-state index contributed by atoms with van der Waals surface area (Å²) >= 11 is 0. The van der Waals surface area contributed by atoms with E-state index in [0.717, 1.165) is 0 Å². The highest BCUT2D eigenvalue weighted by atomic mass is 19.3. The SMILES string of the molecule is CC(C)C(=O)C#CC(C)(C)N1CCC(F)(F)C1. The summed E-state index contributed by atoms with van der Waals surface area (Å²) in [4.78, 5) is 13.0. The molecule has 96 valence electrons. The van der Waals surface area contributed by atoms with Crippen LogP contribution in [0.25, 0.3) is 0 Å². The third kappa shape index (κ3) is 3.78. The van der Waals surface area contributed by atoms with E-state index in [1.54, 1.807) is 32.6 Å². The van der Waals surface area contributed by atoms with Crippen molar-refractivity contribution in [3.05, 3.63) is 0 Å². The van der Waals surface area contributed by atoms with Gasteiger partial charge in [-0.05, 0) is 19.8 Å². The number of carbonyl (C=O) groups excluding carboxylic acids is 1. The van der Waals surface area contributed by atoms with Crippen LogP contribution in [0.15, 0.2) is 0 Å². The maximum Gasteiger partial charge on any atom is 0.261 e. The Morgan fingerprint density at radius 1 is 1.41 bits per heavy atom. The van der Waals surface area contributed by atoms with Gasteiger partial charge >= 0.3 is 0 Å². The molecule has 0 amide bonds. The average Bonchev–Trinajstić information content (AvgIpc) is 2.56. The molecule has 1 fully saturated rings. The van der Waals surface area contributed by atoms with Crippen molar-refractivity contribution in [1.82, 2.24) is 4.90 Å². The first kappa shape index (κ1) is 14.1. The third-order valence-corrected chi connectivity index (χ3v) is 2.98. The Kier molecular flexibility index (Phi) is 3.93. The Hall–Kier alpha value is -0.950. The molecule has 0 unspecified atom stereocenters. The zero-order valence-corrected chi connectivity index (χ0v) is 10.8. The number of ketones is 1. The Balaban J connectivity index is 2.73. The molecule has 17 heavy (non-hydrogen) atoms. The van der Waals surface area contributed by atoms with E-state index in [1.807, 2.05) is 0 Å². The molecular weight excluding hydrogens is 224 g/mol. The zero-order valence-electron chi connectivity index (χ0n) is 10.8. The third-order valence-electron chi connectivity index (χ3n) is 2.98. The van der Waals surface area contributed by atoms with E-state index in [9.17, 15) is 13.6 Å². The van der Waals surface area contributed by atoms with E-state index in [2.05, 4.69) is 11.8 Å². The summed E-state index contributed by atoms with van der Waals surface area (Å²) in [6.07, 6.45) is -0.129. The van der Waals surface area contributed by atoms with Gasteiger partial charge in [-0.3, -0.25) is 9.69 Å². The predicted octanol–water partition coefficient (Wildman–Crippen LogP) is 2.33. The number of likely N-dealkylation sites (tertiary alicyclic amines) is 1. The van der Waals surface area contributed by atoms with Crippen molar-refractivity contribution >= 4 is 5.78 Å². The molecule has 0 saturated carbocycles. The lowest BCUT2D eigenvalue weighted by molar-refractivity contribution is -0.116. The summed E-state index contributed by atoms with van der Waals surface area (Å²) < 4.78 is 26.2. The molecule has 0 aromatic heterocycles. The molecule has 0 N–H and O–H groups in total. The van der Waals surface area contributed by atoms with Crippen molar-refractivity contribution in [2.75, 3.05) is 13.1 Å². The Morgan fingerprint density at radius 2 is 2.00 bits per heavy atom. The van der Waals surface area contributed by atoms with Crippen LogP contribution in [0, 0.1) is 17.8 Å². The second kappa shape index (κ2) is 4.73. The Bertz CT molecular complexity index is 363. The molecule has 0 aromatic carbocycles. The molecule has 2 nitrogen and oxygen atoms in total. The smallest absolute Gasteiger partial charge is 0.261 e. The first-order valence-electron chi connectivity index (χ1n) is 5.84. The van der Waals surface area contributed by atoms with E-state index in [-0.39, 0.29) is 24.7 Å². The predicted molar refractivity (Wildman–Crippen MR) is 62.8 cm³/mol. The van der Waals surface area contributed by atoms with Crippen LogP contribution in [0.1, 0.15) is 34.1 Å². The highest BCUT2D eigenvalue weighted by Crippen LogP contribution is 2.31. The van der Waals surface area contributed by atoms with Gasteiger partial charge in [-0.15, -0.1) is 0 Å². The molecule has 0 aliphatic carbocycles. The standard InChI is InChI=1S/C13H19F2NO/c1-10(2)11(17)5-6-12(3,4)16-8-7-13(14,15)9-16/h10H,7-9H2,1-4H3. The fourth-order valence-corrected chi connectivity index (χ4v) is 1.65. The molecule has 0 atom stereocenters. The molecule has 4 heteroatoms. The highest BCUT2D eigenvalue weighted by molar-refractivity contribution is 5.97. The molecule has 1 aliphatic rings. The van der Waals surface area contributed by atoms with Crippen molar-refractivity contribution in [2.45, 2.75) is 45.6 Å². The van der Waals surface area contributed by atoms with Gasteiger partial charge in [0.15, 0.2) is 0 Å². The number of halogens is 2. The first-order valence-corrected chi connectivity index (χ1v) is 5.84. The normalized spacial score (nSPS) is 20.2. The number of alkyl halides is 2. The average molecular weight is 243 g/mol. The monoisotopic (exact) mass is 243 g/mol. The van der Waals surface area contributed by atoms with Gasteiger partial charge in [-0.2, -0.15) is 0 Å². The lowest BCUT2D eigenvalue weighted by Gasteiger charge is -2.30. The van der Waals surface area contributed by atoms with Crippen LogP contribution in [-0.2, 0) is 4.79 Å². The van der Waals surface area contributed by atoms with Crippen LogP contribution >= 0.6 is 0 Å². The van der Waals surface area contributed by atoms with E-state index in [4.69, 9.17) is 0 Å². The van der Waals surface area contributed by atoms with Gasteiger partial charge in [0, 0.05) is 18.9 Å². The van der Waals surface area contributed by atoms with Gasteiger partial charge in [0.25, 0.3) is 5.92 Å². The van der Waals surface area contributed by atoms with E-state index in [1.165, 1.54) is 0 Å². The van der Waals surface area contributed by atoms with Crippen molar-refractivity contribution in [1.29, 1.82) is 0 Å². The van der Waals surface area contributed by atoms with Crippen molar-refractivity contribution in [3.63, 3.8) is 0 Å². The number of Topliss-reactive ketones (excluding diaryl/α,β-unsaturated/α-hetero) is 1. The number of hydrogen-bond donors (Lipinski definition) is 0. The van der Waals surface area contributed by atoms with Crippen molar-refractivity contribution in [3.8, 4) is 11.8 Å². The molecule has 1 aliphatic heterocycles. The van der Waals surface area contributed by atoms with E-state index >= 15 is 0 Å². The maximum absolute atomic E-state index is 13.1. The number of nitrogens with zero attached hydrogens (tertiary/aromatic N) is 1. The lowest BCUT2D eigenvalue weighted by Crippen LogP contribution is -2.42. The van der Waals surface area contributed by atoms with Crippen LogP contribution in [0.2, 0.25) is 0 Å². The Labute approximate surface area is 101 Å². The zero-order chi connectivity index (χ0) is 13.3. The molecule has 1 rings (SSSR count). The van der Waals surface area contributed by atoms with Crippen LogP contribution in [0.4, 0.5) is 8.78 Å². The summed E-state index contributed by atoms with van der Waals surface area (Å²) in [5, 5.41) is 0. The molecular formula is C13H19F2NO. The lowest BCUT2D eigenvalue weighted by atomic mass is 10.0. The van der Waals surface area contributed by atoms with Crippen LogP contribution in [-0.4, -0.2) is 35.2 Å². The second-order valence-corrected chi connectivity index (χ2v) is 5.36. The van der Waals surface area contributed by atoms with Crippen molar-refractivity contribution < 1.29 is 13.6 Å². The van der Waals surface area contributed by atoms with Gasteiger partial charge in [0.2, 0.25) is 5.78 Å². The largest absolute Gasteiger partial charge is 0.285 e. The van der Waals surface area contributed by atoms with Crippen molar-refractivity contribution in [2.24, 2.45) is 5.92 Å². The molecule has 1 saturated heterocycles. The number of rotatable bonds is 2. The van der Waals surface area contributed by atoms with Gasteiger partial charge in [0.1, 0.15) is 0 Å². The summed E-state index contributed by atoms with van der Waals surface area (Å²) in [6.45, 7) is 7.14. The van der Waals surface area contributed by atoms with Gasteiger partial charge in [-0.1, -0.05) is 19.8 Å². The van der Waals surface area contributed by atoms with Gasteiger partial charge < -0.3 is 0 Å². The fourth-order valence-electron chi connectivity index (χ4n) is 1.65. The van der Waals surface area contributed by atoms with Crippen LogP contribution in [0.5, 0.6) is 0 Å². The van der Waals surface area contributed by atoms with E-state index in [0.29, 0.717) is 6.54 Å². The molecule has 1 heterocycles. The van der Waals surface area contributed by atoms with Gasteiger partial charge in [-0.25, -0.2) is 8.78 Å².